The van der Waals surface area contributed by atoms with Crippen LogP contribution in [0, 0.1) is 13.8 Å². The third-order valence-electron chi connectivity index (χ3n) is 3.58. The largest absolute Gasteiger partial charge is 0.467 e. The number of methoxy groups -OCH3 is 1. The SMILES string of the molecule is COC(=O)c1c(NC(=O)NCCCOCc2ccco2)sc(C)c1C. The molecule has 0 unspecified atom stereocenters. The fraction of sp³-hybridized carbons (Fsp3) is 0.412. The van der Waals surface area contributed by atoms with Gasteiger partial charge >= 0.3 is 12.0 Å². The molecule has 0 radical (unpaired) electrons. The van der Waals surface area contributed by atoms with Crippen LogP contribution in [-0.4, -0.2) is 32.3 Å². The van der Waals surface area contributed by atoms with Gasteiger partial charge in [0.2, 0.25) is 0 Å². The molecule has 25 heavy (non-hydrogen) atoms. The first-order valence-electron chi connectivity index (χ1n) is 7.86. The second kappa shape index (κ2) is 9.24. The summed E-state index contributed by atoms with van der Waals surface area (Å²) in [5.41, 5.74) is 1.22. The van der Waals surface area contributed by atoms with Gasteiger partial charge in [-0.25, -0.2) is 9.59 Å². The van der Waals surface area contributed by atoms with Crippen molar-refractivity contribution in [3.8, 4) is 0 Å². The van der Waals surface area contributed by atoms with E-state index < -0.39 is 5.97 Å². The van der Waals surface area contributed by atoms with Crippen LogP contribution in [0.1, 0.15) is 33.0 Å². The minimum absolute atomic E-state index is 0.363. The molecule has 2 rings (SSSR count). The highest BCUT2D eigenvalue weighted by molar-refractivity contribution is 7.16. The zero-order chi connectivity index (χ0) is 18.2. The molecule has 8 heteroatoms. The molecule has 136 valence electrons. The normalized spacial score (nSPS) is 10.5. The highest BCUT2D eigenvalue weighted by Gasteiger charge is 2.21. The molecule has 2 aromatic rings. The number of nitrogens with one attached hydrogen (secondary N) is 2. The lowest BCUT2D eigenvalue weighted by atomic mass is 10.1. The van der Waals surface area contributed by atoms with E-state index in [0.717, 1.165) is 16.2 Å². The third-order valence-corrected chi connectivity index (χ3v) is 4.70. The van der Waals surface area contributed by atoms with Crippen molar-refractivity contribution in [2.24, 2.45) is 0 Å². The number of ether oxygens (including phenoxy) is 2. The van der Waals surface area contributed by atoms with Crippen LogP contribution in [0.2, 0.25) is 0 Å². The van der Waals surface area contributed by atoms with E-state index in [2.05, 4.69) is 10.6 Å². The lowest BCUT2D eigenvalue weighted by molar-refractivity contribution is 0.0601. The van der Waals surface area contributed by atoms with Crippen LogP contribution in [0.5, 0.6) is 0 Å². The predicted octanol–water partition coefficient (Wildman–Crippen LogP) is 3.47. The first-order chi connectivity index (χ1) is 12.0. The van der Waals surface area contributed by atoms with Crippen molar-refractivity contribution in [3.05, 3.63) is 40.2 Å². The van der Waals surface area contributed by atoms with Crippen LogP contribution < -0.4 is 10.6 Å². The number of carbonyl (C=O) groups is 2. The maximum Gasteiger partial charge on any atom is 0.341 e. The number of carbonyl (C=O) groups excluding carboxylic acids is 2. The van der Waals surface area contributed by atoms with Crippen molar-refractivity contribution in [2.75, 3.05) is 25.6 Å². The molecule has 7 nitrogen and oxygen atoms in total. The molecule has 2 N–H and O–H groups in total. The standard InChI is InChI=1S/C17H22N2O5S/c1-11-12(2)25-15(14(11)16(20)22-3)19-17(21)18-7-5-8-23-10-13-6-4-9-24-13/h4,6,9H,5,7-8,10H2,1-3H3,(H2,18,19,21). The zero-order valence-electron chi connectivity index (χ0n) is 14.5. The Morgan fingerprint density at radius 1 is 1.32 bits per heavy atom. The summed E-state index contributed by atoms with van der Waals surface area (Å²) in [6.45, 7) is 5.10. The zero-order valence-corrected chi connectivity index (χ0v) is 15.3. The number of urea groups is 1. The molecule has 0 aliphatic rings. The Hall–Kier alpha value is -2.32. The molecule has 0 atom stereocenters. The van der Waals surface area contributed by atoms with E-state index in [-0.39, 0.29) is 6.03 Å². The van der Waals surface area contributed by atoms with Gasteiger partial charge in [-0.3, -0.25) is 5.32 Å². The minimum atomic E-state index is -0.455. The molecule has 0 aromatic carbocycles. The van der Waals surface area contributed by atoms with Gasteiger partial charge in [-0.2, -0.15) is 0 Å². The summed E-state index contributed by atoms with van der Waals surface area (Å²) in [4.78, 5) is 24.8. The predicted molar refractivity (Wildman–Crippen MR) is 95.1 cm³/mol. The van der Waals surface area contributed by atoms with Crippen molar-refractivity contribution in [3.63, 3.8) is 0 Å². The van der Waals surface area contributed by atoms with E-state index in [4.69, 9.17) is 13.9 Å². The third kappa shape index (κ3) is 5.33. The van der Waals surface area contributed by atoms with Crippen LogP contribution in [0.4, 0.5) is 9.80 Å². The van der Waals surface area contributed by atoms with Crippen LogP contribution in [-0.2, 0) is 16.1 Å². The molecule has 0 saturated carbocycles. The summed E-state index contributed by atoms with van der Waals surface area (Å²) in [6, 6.07) is 3.29. The molecule has 0 aliphatic carbocycles. The number of hydrogen-bond donors (Lipinski definition) is 2. The Labute approximate surface area is 150 Å². The number of anilines is 1. The molecule has 0 fully saturated rings. The molecular formula is C17H22N2O5S. The van der Waals surface area contributed by atoms with E-state index in [0.29, 0.717) is 36.7 Å². The summed E-state index contributed by atoms with van der Waals surface area (Å²) in [5, 5.41) is 5.95. The van der Waals surface area contributed by atoms with Crippen LogP contribution >= 0.6 is 11.3 Å². The molecule has 2 heterocycles. The Morgan fingerprint density at radius 2 is 2.12 bits per heavy atom. The number of amides is 2. The molecule has 2 aromatic heterocycles. The number of aryl methyl sites for hydroxylation is 1. The number of rotatable bonds is 8. The molecular weight excluding hydrogens is 344 g/mol. The molecule has 0 spiro atoms. The Kier molecular flexibility index (Phi) is 7.03. The first-order valence-corrected chi connectivity index (χ1v) is 8.67. The van der Waals surface area contributed by atoms with E-state index in [1.54, 1.807) is 12.3 Å². The van der Waals surface area contributed by atoms with Gasteiger partial charge in [0.15, 0.2) is 0 Å². The van der Waals surface area contributed by atoms with Crippen molar-refractivity contribution < 1.29 is 23.5 Å². The van der Waals surface area contributed by atoms with Gasteiger partial charge in [0.1, 0.15) is 17.4 Å². The molecule has 2 amide bonds. The van der Waals surface area contributed by atoms with Crippen LogP contribution in [0.15, 0.2) is 22.8 Å². The van der Waals surface area contributed by atoms with Gasteiger partial charge in [-0.05, 0) is 38.0 Å². The van der Waals surface area contributed by atoms with Gasteiger partial charge in [0.05, 0.1) is 18.9 Å². The second-order valence-electron chi connectivity index (χ2n) is 5.35. The topological polar surface area (TPSA) is 89.8 Å². The first kappa shape index (κ1) is 19.0. The summed E-state index contributed by atoms with van der Waals surface area (Å²) < 4.78 is 15.4. The Balaban J connectivity index is 1.73. The fourth-order valence-electron chi connectivity index (χ4n) is 2.15. The van der Waals surface area contributed by atoms with Crippen LogP contribution in [0.25, 0.3) is 0 Å². The van der Waals surface area contributed by atoms with E-state index >= 15 is 0 Å². The van der Waals surface area contributed by atoms with E-state index in [1.807, 2.05) is 19.9 Å². The average Bonchev–Trinajstić information content (AvgIpc) is 3.19. The lowest BCUT2D eigenvalue weighted by Gasteiger charge is -2.08. The van der Waals surface area contributed by atoms with Gasteiger partial charge < -0.3 is 19.2 Å². The summed E-state index contributed by atoms with van der Waals surface area (Å²) in [7, 11) is 1.32. The monoisotopic (exact) mass is 366 g/mol. The Bertz CT molecular complexity index is 709. The smallest absolute Gasteiger partial charge is 0.341 e. The summed E-state index contributed by atoms with van der Waals surface area (Å²) in [5.74, 6) is 0.313. The molecule has 0 aliphatic heterocycles. The van der Waals surface area contributed by atoms with Gasteiger partial charge in [-0.1, -0.05) is 0 Å². The van der Waals surface area contributed by atoms with Gasteiger partial charge in [0.25, 0.3) is 0 Å². The quantitative estimate of drug-likeness (QED) is 0.551. The minimum Gasteiger partial charge on any atom is -0.467 e. The van der Waals surface area contributed by atoms with Crippen molar-refractivity contribution >= 4 is 28.3 Å². The fourth-order valence-corrected chi connectivity index (χ4v) is 3.20. The van der Waals surface area contributed by atoms with Crippen molar-refractivity contribution in [1.82, 2.24) is 5.32 Å². The number of thiophene rings is 1. The molecule has 0 bridgehead atoms. The number of hydrogen-bond acceptors (Lipinski definition) is 6. The van der Waals surface area contributed by atoms with Gasteiger partial charge in [0, 0.05) is 18.0 Å². The number of furan rings is 1. The maximum atomic E-state index is 12.0. The van der Waals surface area contributed by atoms with Gasteiger partial charge in [-0.15, -0.1) is 11.3 Å². The van der Waals surface area contributed by atoms with E-state index in [9.17, 15) is 9.59 Å². The highest BCUT2D eigenvalue weighted by atomic mass is 32.1. The number of esters is 1. The second-order valence-corrected chi connectivity index (χ2v) is 6.57. The highest BCUT2D eigenvalue weighted by Crippen LogP contribution is 2.32. The summed E-state index contributed by atoms with van der Waals surface area (Å²) >= 11 is 1.35. The lowest BCUT2D eigenvalue weighted by Crippen LogP contribution is -2.30. The average molecular weight is 366 g/mol. The molecule has 0 saturated heterocycles. The Morgan fingerprint density at radius 3 is 2.80 bits per heavy atom. The van der Waals surface area contributed by atoms with Crippen molar-refractivity contribution in [2.45, 2.75) is 26.9 Å². The van der Waals surface area contributed by atoms with E-state index in [1.165, 1.54) is 18.4 Å². The maximum absolute atomic E-state index is 12.0. The van der Waals surface area contributed by atoms with Crippen LogP contribution in [0.3, 0.4) is 0 Å². The summed E-state index contributed by atoms with van der Waals surface area (Å²) in [6.07, 6.45) is 2.27. The van der Waals surface area contributed by atoms with Crippen molar-refractivity contribution in [1.29, 1.82) is 0 Å².